The van der Waals surface area contributed by atoms with Crippen LogP contribution < -0.4 is 16.4 Å². The lowest BCUT2D eigenvalue weighted by atomic mass is 10.1. The summed E-state index contributed by atoms with van der Waals surface area (Å²) >= 11 is 1.57. The van der Waals surface area contributed by atoms with Gasteiger partial charge >= 0.3 is 0 Å². The second-order valence-corrected chi connectivity index (χ2v) is 8.56. The molecular formula is C27H27ClN4OS. The predicted molar refractivity (Wildman–Crippen MR) is 146 cm³/mol. The second kappa shape index (κ2) is 12.6. The summed E-state index contributed by atoms with van der Waals surface area (Å²) in [5.74, 6) is 0.544. The van der Waals surface area contributed by atoms with Crippen molar-refractivity contribution in [3.8, 4) is 0 Å². The van der Waals surface area contributed by atoms with Crippen molar-refractivity contribution in [3.05, 3.63) is 107 Å². The van der Waals surface area contributed by atoms with Crippen LogP contribution in [0.2, 0.25) is 0 Å². The summed E-state index contributed by atoms with van der Waals surface area (Å²) in [4.78, 5) is 17.7. The van der Waals surface area contributed by atoms with Crippen LogP contribution in [-0.4, -0.2) is 11.7 Å². The molecule has 0 fully saturated rings. The van der Waals surface area contributed by atoms with E-state index in [1.807, 2.05) is 96.4 Å². The van der Waals surface area contributed by atoms with Crippen molar-refractivity contribution in [1.82, 2.24) is 0 Å². The van der Waals surface area contributed by atoms with E-state index in [0.29, 0.717) is 12.3 Å². The van der Waals surface area contributed by atoms with E-state index in [-0.39, 0.29) is 18.3 Å². The molecule has 5 nitrogen and oxygen atoms in total. The number of aliphatic imine (C=N–C) groups is 1. The molecule has 34 heavy (non-hydrogen) atoms. The highest BCUT2D eigenvalue weighted by Gasteiger charge is 2.04. The largest absolute Gasteiger partial charge is 0.383 e. The number of anilines is 3. The first kappa shape index (κ1) is 25.0. The van der Waals surface area contributed by atoms with Crippen LogP contribution in [0.3, 0.4) is 0 Å². The highest BCUT2D eigenvalue weighted by Crippen LogP contribution is 2.20. The lowest BCUT2D eigenvalue weighted by molar-refractivity contribution is -0.116. The summed E-state index contributed by atoms with van der Waals surface area (Å²) in [6, 6.07) is 29.6. The van der Waals surface area contributed by atoms with E-state index in [2.05, 4.69) is 15.6 Å². The van der Waals surface area contributed by atoms with Gasteiger partial charge in [-0.3, -0.25) is 4.79 Å². The minimum atomic E-state index is 0. The van der Waals surface area contributed by atoms with Gasteiger partial charge in [-0.1, -0.05) is 36.4 Å². The molecule has 0 radical (unpaired) electrons. The van der Waals surface area contributed by atoms with Gasteiger partial charge in [-0.2, -0.15) is 0 Å². The number of thiophene rings is 1. The molecule has 4 N–H and O–H groups in total. The molecule has 0 aliphatic carbocycles. The van der Waals surface area contributed by atoms with Gasteiger partial charge in [0.2, 0.25) is 5.91 Å². The second-order valence-electron chi connectivity index (χ2n) is 7.61. The van der Waals surface area contributed by atoms with Crippen LogP contribution in [0.4, 0.5) is 22.7 Å². The zero-order valence-electron chi connectivity index (χ0n) is 18.6. The number of nitrogens with zero attached hydrogens (tertiary/aromatic N) is 1. The van der Waals surface area contributed by atoms with Crippen LogP contribution in [0.15, 0.2) is 101 Å². The predicted octanol–water partition coefficient (Wildman–Crippen LogP) is 6.91. The number of aryl methyl sites for hydroxylation is 1. The van der Waals surface area contributed by atoms with Crippen molar-refractivity contribution >= 4 is 58.2 Å². The fourth-order valence-corrected chi connectivity index (χ4v) is 3.98. The molecule has 0 saturated heterocycles. The Bertz CT molecular complexity index is 1190. The topological polar surface area (TPSA) is 79.5 Å². The van der Waals surface area contributed by atoms with E-state index >= 15 is 0 Å². The number of amides is 1. The van der Waals surface area contributed by atoms with Crippen molar-refractivity contribution in [3.63, 3.8) is 0 Å². The average Bonchev–Trinajstić information content (AvgIpc) is 3.38. The molecule has 0 unspecified atom stereocenters. The molecule has 174 valence electrons. The van der Waals surface area contributed by atoms with Gasteiger partial charge in [0, 0.05) is 23.5 Å². The fourth-order valence-electron chi connectivity index (χ4n) is 3.36. The minimum absolute atomic E-state index is 0. The summed E-state index contributed by atoms with van der Waals surface area (Å²) in [5, 5.41) is 8.28. The number of nitrogens with one attached hydrogen (secondary N) is 2. The highest BCUT2D eigenvalue weighted by molar-refractivity contribution is 7.12. The Morgan fingerprint density at radius 1 is 0.824 bits per heavy atom. The van der Waals surface area contributed by atoms with E-state index < -0.39 is 0 Å². The molecule has 1 amide bonds. The number of para-hydroxylation sites is 1. The maximum atomic E-state index is 12.3. The van der Waals surface area contributed by atoms with Gasteiger partial charge < -0.3 is 16.4 Å². The first-order chi connectivity index (χ1) is 16.2. The summed E-state index contributed by atoms with van der Waals surface area (Å²) < 4.78 is 0. The lowest BCUT2D eigenvalue weighted by Crippen LogP contribution is -2.11. The normalized spacial score (nSPS) is 10.9. The summed E-state index contributed by atoms with van der Waals surface area (Å²) in [7, 11) is 0. The van der Waals surface area contributed by atoms with E-state index in [1.165, 1.54) is 5.56 Å². The molecule has 0 aliphatic rings. The van der Waals surface area contributed by atoms with Crippen LogP contribution in [0.5, 0.6) is 0 Å². The maximum Gasteiger partial charge on any atom is 0.224 e. The van der Waals surface area contributed by atoms with Gasteiger partial charge in [-0.05, 0) is 78.4 Å². The van der Waals surface area contributed by atoms with Gasteiger partial charge in [0.15, 0.2) is 0 Å². The van der Waals surface area contributed by atoms with Crippen molar-refractivity contribution < 1.29 is 4.79 Å². The van der Waals surface area contributed by atoms with Gasteiger partial charge in [-0.25, -0.2) is 4.99 Å². The molecule has 1 heterocycles. The Kier molecular flexibility index (Phi) is 9.26. The van der Waals surface area contributed by atoms with Crippen LogP contribution in [0, 0.1) is 0 Å². The Balaban J connectivity index is 0.00000324. The van der Waals surface area contributed by atoms with Gasteiger partial charge in [0.25, 0.3) is 0 Å². The third-order valence-electron chi connectivity index (χ3n) is 5.06. The Morgan fingerprint density at radius 3 is 2.18 bits per heavy atom. The van der Waals surface area contributed by atoms with Crippen LogP contribution in [0.1, 0.15) is 23.3 Å². The molecule has 4 aromatic rings. The summed E-state index contributed by atoms with van der Waals surface area (Å²) in [5.41, 5.74) is 10.8. The molecule has 0 bridgehead atoms. The first-order valence-electron chi connectivity index (χ1n) is 10.8. The zero-order valence-corrected chi connectivity index (χ0v) is 20.2. The smallest absolute Gasteiger partial charge is 0.224 e. The van der Waals surface area contributed by atoms with Crippen molar-refractivity contribution in [1.29, 1.82) is 0 Å². The number of rotatable bonds is 9. The fraction of sp³-hybridized carbons (Fsp3) is 0.111. The quantitative estimate of drug-likeness (QED) is 0.176. The number of hydrogen-bond acceptors (Lipinski definition) is 4. The number of carbonyl (C=O) groups excluding carboxylic acids is 1. The number of halogens is 1. The first-order valence-corrected chi connectivity index (χ1v) is 11.7. The maximum absolute atomic E-state index is 12.3. The molecular weight excluding hydrogens is 464 g/mol. The Labute approximate surface area is 210 Å². The lowest BCUT2D eigenvalue weighted by Gasteiger charge is -2.09. The van der Waals surface area contributed by atoms with Gasteiger partial charge in [0.05, 0.1) is 10.6 Å². The SMILES string of the molecule is Cl.NC(=Nc1ccc(CCCC(=O)Nc2ccc(Nc3ccccc3)cc2)cc1)c1cccs1. The van der Waals surface area contributed by atoms with Gasteiger partial charge in [0.1, 0.15) is 5.84 Å². The van der Waals surface area contributed by atoms with E-state index in [1.54, 1.807) is 11.3 Å². The molecule has 3 aromatic carbocycles. The summed E-state index contributed by atoms with van der Waals surface area (Å²) in [6.07, 6.45) is 2.08. The number of amidine groups is 1. The molecule has 0 saturated carbocycles. The van der Waals surface area contributed by atoms with Crippen LogP contribution >= 0.6 is 23.7 Å². The molecule has 7 heteroatoms. The number of hydrogen-bond donors (Lipinski definition) is 3. The number of carbonyl (C=O) groups is 1. The van der Waals surface area contributed by atoms with E-state index in [0.717, 1.165) is 40.5 Å². The molecule has 0 atom stereocenters. The number of nitrogens with two attached hydrogens (primary N) is 1. The van der Waals surface area contributed by atoms with Gasteiger partial charge in [-0.15, -0.1) is 23.7 Å². The van der Waals surface area contributed by atoms with Crippen molar-refractivity contribution in [2.24, 2.45) is 10.7 Å². The minimum Gasteiger partial charge on any atom is -0.383 e. The molecule has 0 spiro atoms. The van der Waals surface area contributed by atoms with Crippen molar-refractivity contribution in [2.45, 2.75) is 19.3 Å². The van der Waals surface area contributed by atoms with E-state index in [9.17, 15) is 4.79 Å². The summed E-state index contributed by atoms with van der Waals surface area (Å²) in [6.45, 7) is 0. The molecule has 1 aromatic heterocycles. The highest BCUT2D eigenvalue weighted by atomic mass is 35.5. The number of benzene rings is 3. The van der Waals surface area contributed by atoms with Crippen LogP contribution in [-0.2, 0) is 11.2 Å². The third kappa shape index (κ3) is 7.47. The third-order valence-corrected chi connectivity index (χ3v) is 5.95. The van der Waals surface area contributed by atoms with Crippen LogP contribution in [0.25, 0.3) is 0 Å². The average molecular weight is 491 g/mol. The Morgan fingerprint density at radius 2 is 1.50 bits per heavy atom. The standard InChI is InChI=1S/C27H26N4OS.ClH/c28-27(25-9-5-19-33-25)31-24-13-11-20(12-14-24)6-4-10-26(32)30-23-17-15-22(16-18-23)29-21-7-2-1-3-8-21;/h1-3,5,7-9,11-19,29H,4,6,10H2,(H2,28,31)(H,30,32);1H. The monoisotopic (exact) mass is 490 g/mol. The van der Waals surface area contributed by atoms with E-state index in [4.69, 9.17) is 5.73 Å². The Hall–Kier alpha value is -3.61. The molecule has 4 rings (SSSR count). The molecule has 0 aliphatic heterocycles. The van der Waals surface area contributed by atoms with Crippen molar-refractivity contribution in [2.75, 3.05) is 10.6 Å². The zero-order chi connectivity index (χ0) is 22.9.